The first-order chi connectivity index (χ1) is 16.5. The van der Waals surface area contributed by atoms with Gasteiger partial charge in [0.2, 0.25) is 5.91 Å². The van der Waals surface area contributed by atoms with Crippen molar-refractivity contribution in [3.05, 3.63) is 96.4 Å². The Balaban J connectivity index is 1.57. The molecule has 0 atom stereocenters. The Morgan fingerprint density at radius 2 is 1.76 bits per heavy atom. The number of furan rings is 1. The molecule has 0 saturated carbocycles. The Morgan fingerprint density at radius 1 is 0.971 bits per heavy atom. The lowest BCUT2D eigenvalue weighted by atomic mass is 9.96. The molecule has 0 saturated heterocycles. The second kappa shape index (κ2) is 8.87. The van der Waals surface area contributed by atoms with E-state index in [2.05, 4.69) is 40.6 Å². The number of aromatic nitrogens is 1. The van der Waals surface area contributed by atoms with Crippen LogP contribution in [0, 0.1) is 6.92 Å². The number of aryl methyl sites for hydroxylation is 1. The number of anilines is 1. The molecular weight excluding hydrogens is 424 g/mol. The van der Waals surface area contributed by atoms with Gasteiger partial charge >= 0.3 is 0 Å². The number of hydrogen-bond acceptors (Lipinski definition) is 4. The fraction of sp³-hybridized carbons (Fsp3) is 0.103. The molecule has 2 heterocycles. The van der Waals surface area contributed by atoms with E-state index in [1.807, 2.05) is 50.2 Å². The maximum absolute atomic E-state index is 12.7. The van der Waals surface area contributed by atoms with Crippen LogP contribution in [0.3, 0.4) is 0 Å². The van der Waals surface area contributed by atoms with E-state index in [1.165, 1.54) is 5.39 Å². The van der Waals surface area contributed by atoms with Crippen molar-refractivity contribution in [2.75, 3.05) is 12.4 Å². The van der Waals surface area contributed by atoms with E-state index in [0.717, 1.165) is 44.3 Å². The average molecular weight is 449 g/mol. The Morgan fingerprint density at radius 3 is 2.59 bits per heavy atom. The highest BCUT2D eigenvalue weighted by molar-refractivity contribution is 6.07. The maximum Gasteiger partial charge on any atom is 0.249 e. The second-order valence-electron chi connectivity index (χ2n) is 8.21. The van der Waals surface area contributed by atoms with E-state index in [-0.39, 0.29) is 5.91 Å². The lowest BCUT2D eigenvalue weighted by Gasteiger charge is -2.11. The van der Waals surface area contributed by atoms with Gasteiger partial charge in [0, 0.05) is 34.3 Å². The third-order valence-electron chi connectivity index (χ3n) is 5.89. The van der Waals surface area contributed by atoms with Gasteiger partial charge in [-0.05, 0) is 54.0 Å². The number of carbonyl (C=O) groups is 1. The standard InChI is InChI=1S/C29H24N2O3/c1-18(14-29(32)31-28-13-6-8-19(2)30-28)23-15-24-25(17-34-27(24)16-26(23)33-3)22-12-7-10-20-9-4-5-11-21(20)22/h4-17H,1-3H3,(H,30,31,32)/b18-14+. The Kier molecular flexibility index (Phi) is 5.60. The highest BCUT2D eigenvalue weighted by atomic mass is 16.5. The highest BCUT2D eigenvalue weighted by Gasteiger charge is 2.16. The van der Waals surface area contributed by atoms with Gasteiger partial charge in [-0.2, -0.15) is 0 Å². The molecule has 1 N–H and O–H groups in total. The molecule has 0 fully saturated rings. The molecular formula is C29H24N2O3. The predicted molar refractivity (Wildman–Crippen MR) is 137 cm³/mol. The van der Waals surface area contributed by atoms with Gasteiger partial charge in [-0.25, -0.2) is 4.98 Å². The summed E-state index contributed by atoms with van der Waals surface area (Å²) in [5.74, 6) is 0.908. The number of hydrogen-bond donors (Lipinski definition) is 1. The number of fused-ring (bicyclic) bond motifs is 2. The maximum atomic E-state index is 12.7. The molecule has 0 aliphatic rings. The Bertz CT molecular complexity index is 1560. The topological polar surface area (TPSA) is 64.4 Å². The molecule has 0 radical (unpaired) electrons. The summed E-state index contributed by atoms with van der Waals surface area (Å²) in [6, 6.07) is 24.0. The van der Waals surface area contributed by atoms with E-state index in [1.54, 1.807) is 25.5 Å². The fourth-order valence-electron chi connectivity index (χ4n) is 4.25. The molecule has 5 rings (SSSR count). The molecule has 1 amide bonds. The van der Waals surface area contributed by atoms with Crippen molar-refractivity contribution in [1.82, 2.24) is 4.98 Å². The number of amides is 1. The molecule has 2 aromatic heterocycles. The minimum atomic E-state index is -0.251. The van der Waals surface area contributed by atoms with E-state index < -0.39 is 0 Å². The molecule has 5 nitrogen and oxygen atoms in total. The van der Waals surface area contributed by atoms with Crippen molar-refractivity contribution in [3.8, 4) is 16.9 Å². The molecule has 0 aliphatic carbocycles. The number of ether oxygens (including phenoxy) is 1. The van der Waals surface area contributed by atoms with E-state index in [4.69, 9.17) is 9.15 Å². The zero-order valence-electron chi connectivity index (χ0n) is 19.3. The van der Waals surface area contributed by atoms with Crippen molar-refractivity contribution >= 4 is 39.0 Å². The van der Waals surface area contributed by atoms with Gasteiger partial charge in [0.25, 0.3) is 0 Å². The van der Waals surface area contributed by atoms with E-state index >= 15 is 0 Å². The van der Waals surface area contributed by atoms with Crippen molar-refractivity contribution in [1.29, 1.82) is 0 Å². The van der Waals surface area contributed by atoms with Crippen LogP contribution in [0.15, 0.2) is 89.6 Å². The predicted octanol–water partition coefficient (Wildman–Crippen LogP) is 7.01. The van der Waals surface area contributed by atoms with Crippen LogP contribution in [-0.4, -0.2) is 18.0 Å². The second-order valence-corrected chi connectivity index (χ2v) is 8.21. The van der Waals surface area contributed by atoms with Crippen LogP contribution in [0.2, 0.25) is 0 Å². The summed E-state index contributed by atoms with van der Waals surface area (Å²) < 4.78 is 11.5. The number of rotatable bonds is 5. The number of methoxy groups -OCH3 is 1. The fourth-order valence-corrected chi connectivity index (χ4v) is 4.25. The minimum Gasteiger partial charge on any atom is -0.496 e. The summed E-state index contributed by atoms with van der Waals surface area (Å²) in [5.41, 5.74) is 5.25. The van der Waals surface area contributed by atoms with Crippen LogP contribution in [-0.2, 0) is 4.79 Å². The molecule has 5 heteroatoms. The molecule has 0 bridgehead atoms. The highest BCUT2D eigenvalue weighted by Crippen LogP contribution is 2.39. The first kappa shape index (κ1) is 21.5. The molecule has 168 valence electrons. The largest absolute Gasteiger partial charge is 0.496 e. The van der Waals surface area contributed by atoms with Crippen molar-refractivity contribution < 1.29 is 13.9 Å². The summed E-state index contributed by atoms with van der Waals surface area (Å²) in [6.07, 6.45) is 3.34. The van der Waals surface area contributed by atoms with Gasteiger partial charge in [0.05, 0.1) is 13.4 Å². The number of allylic oxidation sites excluding steroid dienone is 1. The summed E-state index contributed by atoms with van der Waals surface area (Å²) in [6.45, 7) is 3.78. The van der Waals surface area contributed by atoms with Crippen LogP contribution in [0.1, 0.15) is 18.2 Å². The van der Waals surface area contributed by atoms with Crippen LogP contribution < -0.4 is 10.1 Å². The van der Waals surface area contributed by atoms with Crippen molar-refractivity contribution in [2.24, 2.45) is 0 Å². The lowest BCUT2D eigenvalue weighted by Crippen LogP contribution is -2.10. The number of pyridine rings is 1. The molecule has 0 unspecified atom stereocenters. The number of carbonyl (C=O) groups excluding carboxylic acids is 1. The van der Waals surface area contributed by atoms with Crippen LogP contribution in [0.25, 0.3) is 38.4 Å². The zero-order chi connectivity index (χ0) is 23.7. The monoisotopic (exact) mass is 448 g/mol. The van der Waals surface area contributed by atoms with Gasteiger partial charge in [-0.1, -0.05) is 48.5 Å². The number of nitrogens with one attached hydrogen (secondary N) is 1. The lowest BCUT2D eigenvalue weighted by molar-refractivity contribution is -0.111. The minimum absolute atomic E-state index is 0.251. The average Bonchev–Trinajstić information content (AvgIpc) is 3.25. The first-order valence-electron chi connectivity index (χ1n) is 11.0. The van der Waals surface area contributed by atoms with Crippen LogP contribution >= 0.6 is 0 Å². The Hall–Kier alpha value is -4.38. The van der Waals surface area contributed by atoms with Gasteiger partial charge in [0.1, 0.15) is 17.2 Å². The van der Waals surface area contributed by atoms with E-state index in [0.29, 0.717) is 11.6 Å². The van der Waals surface area contributed by atoms with Crippen LogP contribution in [0.5, 0.6) is 5.75 Å². The normalized spacial score (nSPS) is 11.7. The third kappa shape index (κ3) is 4.04. The summed E-state index contributed by atoms with van der Waals surface area (Å²) in [5, 5.41) is 6.11. The molecule has 0 aliphatic heterocycles. The van der Waals surface area contributed by atoms with Crippen molar-refractivity contribution in [3.63, 3.8) is 0 Å². The first-order valence-corrected chi connectivity index (χ1v) is 11.0. The SMILES string of the molecule is COc1cc2occ(-c3cccc4ccccc34)c2cc1/C(C)=C/C(=O)Nc1cccc(C)n1. The van der Waals surface area contributed by atoms with Crippen LogP contribution in [0.4, 0.5) is 5.82 Å². The molecule has 5 aromatic rings. The third-order valence-corrected chi connectivity index (χ3v) is 5.89. The van der Waals surface area contributed by atoms with Crippen molar-refractivity contribution in [2.45, 2.75) is 13.8 Å². The summed E-state index contributed by atoms with van der Waals surface area (Å²) >= 11 is 0. The Labute approximate surface area is 197 Å². The molecule has 34 heavy (non-hydrogen) atoms. The van der Waals surface area contributed by atoms with Gasteiger partial charge in [-0.15, -0.1) is 0 Å². The smallest absolute Gasteiger partial charge is 0.249 e. The van der Waals surface area contributed by atoms with E-state index in [9.17, 15) is 4.79 Å². The van der Waals surface area contributed by atoms with Gasteiger partial charge in [0.15, 0.2) is 0 Å². The number of nitrogens with zero attached hydrogens (tertiary/aromatic N) is 1. The molecule has 3 aromatic carbocycles. The number of benzene rings is 3. The zero-order valence-corrected chi connectivity index (χ0v) is 19.3. The summed E-state index contributed by atoms with van der Waals surface area (Å²) in [4.78, 5) is 17.0. The van der Waals surface area contributed by atoms with Gasteiger partial charge in [-0.3, -0.25) is 4.79 Å². The quantitative estimate of drug-likeness (QED) is 0.294. The van der Waals surface area contributed by atoms with Gasteiger partial charge < -0.3 is 14.5 Å². The summed E-state index contributed by atoms with van der Waals surface area (Å²) in [7, 11) is 1.61. The molecule has 0 spiro atoms.